The van der Waals surface area contributed by atoms with E-state index in [4.69, 9.17) is 11.1 Å². The first-order valence-electron chi connectivity index (χ1n) is 4.77. The summed E-state index contributed by atoms with van der Waals surface area (Å²) in [6.45, 7) is 4.57. The number of nitrogens with zero attached hydrogens (tertiary/aromatic N) is 1. The van der Waals surface area contributed by atoms with Crippen LogP contribution in [0.15, 0.2) is 0 Å². The zero-order valence-corrected chi connectivity index (χ0v) is 8.21. The van der Waals surface area contributed by atoms with Gasteiger partial charge in [-0.05, 0) is 19.8 Å². The summed E-state index contributed by atoms with van der Waals surface area (Å²) in [6, 6.07) is 0. The van der Waals surface area contributed by atoms with E-state index in [0.29, 0.717) is 6.42 Å². The molecule has 0 aromatic carbocycles. The van der Waals surface area contributed by atoms with E-state index in [9.17, 15) is 5.11 Å². The van der Waals surface area contributed by atoms with Crippen LogP contribution in [0.1, 0.15) is 26.2 Å². The predicted molar refractivity (Wildman–Crippen MR) is 52.8 cm³/mol. The fraction of sp³-hybridized carbons (Fsp3) is 0.889. The molecule has 0 saturated carbocycles. The maximum Gasteiger partial charge on any atom is 0.0918 e. The van der Waals surface area contributed by atoms with Gasteiger partial charge in [0.05, 0.1) is 11.4 Å². The van der Waals surface area contributed by atoms with Crippen molar-refractivity contribution in [3.8, 4) is 0 Å². The molecule has 0 aromatic heterocycles. The lowest BCUT2D eigenvalue weighted by atomic mass is 9.94. The second-order valence-corrected chi connectivity index (χ2v) is 4.11. The first-order valence-corrected chi connectivity index (χ1v) is 4.77. The van der Waals surface area contributed by atoms with Gasteiger partial charge in [0.1, 0.15) is 0 Å². The summed E-state index contributed by atoms with van der Waals surface area (Å²) < 4.78 is 0. The number of piperidine rings is 1. The molecule has 1 fully saturated rings. The second kappa shape index (κ2) is 4.07. The van der Waals surface area contributed by atoms with Crippen LogP contribution in [0.5, 0.6) is 0 Å². The molecular formula is C9H19N3O. The molecule has 4 heteroatoms. The highest BCUT2D eigenvalue weighted by atomic mass is 16.3. The molecule has 0 spiro atoms. The minimum atomic E-state index is -0.479. The molecule has 1 rings (SSSR count). The van der Waals surface area contributed by atoms with E-state index in [-0.39, 0.29) is 5.84 Å². The highest BCUT2D eigenvalue weighted by molar-refractivity contribution is 5.76. The van der Waals surface area contributed by atoms with Crippen LogP contribution in [0.3, 0.4) is 0 Å². The van der Waals surface area contributed by atoms with E-state index in [1.807, 2.05) is 6.92 Å². The Kier molecular flexibility index (Phi) is 3.27. The van der Waals surface area contributed by atoms with E-state index < -0.39 is 5.60 Å². The van der Waals surface area contributed by atoms with Gasteiger partial charge in [-0.2, -0.15) is 0 Å². The Morgan fingerprint density at radius 2 is 2.08 bits per heavy atom. The van der Waals surface area contributed by atoms with Gasteiger partial charge in [0.15, 0.2) is 0 Å². The molecule has 1 aliphatic rings. The molecule has 0 aromatic rings. The van der Waals surface area contributed by atoms with Gasteiger partial charge in [-0.25, -0.2) is 0 Å². The predicted octanol–water partition coefficient (Wildman–Crippen LogP) is 0.159. The van der Waals surface area contributed by atoms with Gasteiger partial charge in [-0.1, -0.05) is 0 Å². The maximum atomic E-state index is 9.68. The molecule has 76 valence electrons. The number of nitrogens with two attached hydrogens (primary N) is 1. The minimum Gasteiger partial charge on any atom is -0.390 e. The van der Waals surface area contributed by atoms with Gasteiger partial charge in [0, 0.05) is 26.1 Å². The Hall–Kier alpha value is -0.610. The van der Waals surface area contributed by atoms with Gasteiger partial charge < -0.3 is 15.7 Å². The van der Waals surface area contributed by atoms with Crippen molar-refractivity contribution in [2.24, 2.45) is 5.73 Å². The summed E-state index contributed by atoms with van der Waals surface area (Å²) >= 11 is 0. The SMILES string of the molecule is CC1(O)CCN(CCC(=N)N)CC1. The van der Waals surface area contributed by atoms with Crippen LogP contribution in [-0.2, 0) is 0 Å². The summed E-state index contributed by atoms with van der Waals surface area (Å²) in [7, 11) is 0. The van der Waals surface area contributed by atoms with Crippen molar-refractivity contribution in [3.63, 3.8) is 0 Å². The fourth-order valence-electron chi connectivity index (χ4n) is 1.54. The van der Waals surface area contributed by atoms with Gasteiger partial charge in [-0.15, -0.1) is 0 Å². The fourth-order valence-corrected chi connectivity index (χ4v) is 1.54. The molecule has 4 nitrogen and oxygen atoms in total. The first-order chi connectivity index (χ1) is 5.99. The third kappa shape index (κ3) is 3.74. The Morgan fingerprint density at radius 1 is 1.54 bits per heavy atom. The normalized spacial score (nSPS) is 22.9. The highest BCUT2D eigenvalue weighted by Crippen LogP contribution is 2.20. The Labute approximate surface area is 79.2 Å². The molecule has 0 radical (unpaired) electrons. The third-order valence-electron chi connectivity index (χ3n) is 2.63. The van der Waals surface area contributed by atoms with E-state index in [0.717, 1.165) is 32.5 Å². The van der Waals surface area contributed by atoms with Crippen molar-refractivity contribution >= 4 is 5.84 Å². The van der Waals surface area contributed by atoms with Gasteiger partial charge in [0.2, 0.25) is 0 Å². The highest BCUT2D eigenvalue weighted by Gasteiger charge is 2.26. The zero-order valence-electron chi connectivity index (χ0n) is 8.21. The molecule has 13 heavy (non-hydrogen) atoms. The van der Waals surface area contributed by atoms with E-state index in [1.54, 1.807) is 0 Å². The number of hydrogen-bond acceptors (Lipinski definition) is 3. The number of likely N-dealkylation sites (tertiary alicyclic amines) is 1. The summed E-state index contributed by atoms with van der Waals surface area (Å²) in [5.41, 5.74) is 4.79. The third-order valence-corrected chi connectivity index (χ3v) is 2.63. The van der Waals surface area contributed by atoms with Crippen LogP contribution < -0.4 is 5.73 Å². The lowest BCUT2D eigenvalue weighted by Crippen LogP contribution is -2.43. The molecule has 0 bridgehead atoms. The largest absolute Gasteiger partial charge is 0.390 e. The Morgan fingerprint density at radius 3 is 2.54 bits per heavy atom. The average Bonchev–Trinajstić information content (AvgIpc) is 2.02. The van der Waals surface area contributed by atoms with Crippen LogP contribution in [0.25, 0.3) is 0 Å². The number of amidine groups is 1. The smallest absolute Gasteiger partial charge is 0.0918 e. The maximum absolute atomic E-state index is 9.68. The first kappa shape index (κ1) is 10.5. The van der Waals surface area contributed by atoms with Crippen molar-refractivity contribution in [1.29, 1.82) is 5.41 Å². The topological polar surface area (TPSA) is 73.3 Å². The number of nitrogens with one attached hydrogen (secondary N) is 1. The van der Waals surface area contributed by atoms with Crippen LogP contribution >= 0.6 is 0 Å². The van der Waals surface area contributed by atoms with Crippen LogP contribution in [0, 0.1) is 5.41 Å². The number of rotatable bonds is 3. The van der Waals surface area contributed by atoms with Crippen molar-refractivity contribution in [2.75, 3.05) is 19.6 Å². The monoisotopic (exact) mass is 185 g/mol. The second-order valence-electron chi connectivity index (χ2n) is 4.11. The van der Waals surface area contributed by atoms with E-state index in [1.165, 1.54) is 0 Å². The lowest BCUT2D eigenvalue weighted by Gasteiger charge is -2.35. The molecular weight excluding hydrogens is 166 g/mol. The standard InChI is InChI=1S/C9H19N3O/c1-9(13)3-6-12(7-4-9)5-2-8(10)11/h13H,2-7H2,1H3,(H3,10,11). The molecule has 0 unspecified atom stereocenters. The molecule has 1 aliphatic heterocycles. The van der Waals surface area contributed by atoms with Crippen LogP contribution in [0.4, 0.5) is 0 Å². The molecule has 0 amide bonds. The van der Waals surface area contributed by atoms with Crippen molar-refractivity contribution < 1.29 is 5.11 Å². The Bertz CT molecular complexity index is 181. The summed E-state index contributed by atoms with van der Waals surface area (Å²) in [5, 5.41) is 16.8. The summed E-state index contributed by atoms with van der Waals surface area (Å²) in [5.74, 6) is 0.248. The van der Waals surface area contributed by atoms with Crippen molar-refractivity contribution in [1.82, 2.24) is 4.90 Å². The summed E-state index contributed by atoms with van der Waals surface area (Å²) in [6.07, 6.45) is 2.29. The molecule has 4 N–H and O–H groups in total. The summed E-state index contributed by atoms with van der Waals surface area (Å²) in [4.78, 5) is 2.25. The van der Waals surface area contributed by atoms with E-state index >= 15 is 0 Å². The average molecular weight is 185 g/mol. The molecule has 1 saturated heterocycles. The van der Waals surface area contributed by atoms with Gasteiger partial charge in [0.25, 0.3) is 0 Å². The molecule has 1 heterocycles. The quantitative estimate of drug-likeness (QED) is 0.433. The van der Waals surface area contributed by atoms with Gasteiger partial charge in [-0.3, -0.25) is 5.41 Å². The van der Waals surface area contributed by atoms with Crippen molar-refractivity contribution in [2.45, 2.75) is 31.8 Å². The number of aliphatic hydroxyl groups is 1. The molecule has 0 aliphatic carbocycles. The van der Waals surface area contributed by atoms with E-state index in [2.05, 4.69) is 4.90 Å². The van der Waals surface area contributed by atoms with Crippen molar-refractivity contribution in [3.05, 3.63) is 0 Å². The minimum absolute atomic E-state index is 0.248. The van der Waals surface area contributed by atoms with Crippen LogP contribution in [-0.4, -0.2) is 41.1 Å². The lowest BCUT2D eigenvalue weighted by molar-refractivity contribution is -0.00455. The van der Waals surface area contributed by atoms with Gasteiger partial charge >= 0.3 is 0 Å². The molecule has 0 atom stereocenters. The van der Waals surface area contributed by atoms with Crippen LogP contribution in [0.2, 0.25) is 0 Å². The number of hydrogen-bond donors (Lipinski definition) is 3. The zero-order chi connectivity index (χ0) is 9.90. The Balaban J connectivity index is 2.21.